The van der Waals surface area contributed by atoms with Crippen molar-refractivity contribution in [2.45, 2.75) is 70.6 Å². The van der Waals surface area contributed by atoms with Gasteiger partial charge in [0.2, 0.25) is 0 Å². The van der Waals surface area contributed by atoms with Crippen LogP contribution < -0.4 is 0 Å². The Morgan fingerprint density at radius 2 is 1.65 bits per heavy atom. The molecule has 1 heterocycles. The molecule has 1 unspecified atom stereocenters. The van der Waals surface area contributed by atoms with E-state index in [2.05, 4.69) is 0 Å². The van der Waals surface area contributed by atoms with Crippen LogP contribution in [0.2, 0.25) is 0 Å². The first-order valence-corrected chi connectivity index (χ1v) is 7.88. The Hall–Kier alpha value is -0.286. The molecule has 0 bridgehead atoms. The molecule has 1 radical (unpaired) electrons. The third kappa shape index (κ3) is 4.85. The van der Waals surface area contributed by atoms with E-state index in [1.54, 1.807) is 0 Å². The van der Waals surface area contributed by atoms with E-state index in [4.69, 9.17) is 4.74 Å². The first-order valence-electron chi connectivity index (χ1n) is 7.88. The van der Waals surface area contributed by atoms with E-state index < -0.39 is 11.1 Å². The van der Waals surface area contributed by atoms with Gasteiger partial charge in [0.05, 0.1) is 5.92 Å². The van der Waals surface area contributed by atoms with Crippen molar-refractivity contribution >= 4 is 5.97 Å². The summed E-state index contributed by atoms with van der Waals surface area (Å²) < 4.78 is 5.75. The standard InChI is InChI=1S/C18H27NO3.Y/c1-13(14-9-7-6-8-10-14)16(20)22-15-11-17(2,3)19(21)18(4,5)12-15;/h6-10,13,15,21H,11-12H2,1-5H3;. The van der Waals surface area contributed by atoms with Crippen molar-refractivity contribution in [2.24, 2.45) is 0 Å². The van der Waals surface area contributed by atoms with Gasteiger partial charge in [0.1, 0.15) is 6.10 Å². The molecule has 0 saturated carbocycles. The summed E-state index contributed by atoms with van der Waals surface area (Å²) in [5.74, 6) is -0.478. The largest absolute Gasteiger partial charge is 0.462 e. The molecule has 2 rings (SSSR count). The summed E-state index contributed by atoms with van der Waals surface area (Å²) in [5.41, 5.74) is 0.136. The number of esters is 1. The normalized spacial score (nSPS) is 22.0. The minimum absolute atomic E-state index is 0. The summed E-state index contributed by atoms with van der Waals surface area (Å²) in [6.07, 6.45) is 1.08. The zero-order valence-electron chi connectivity index (χ0n) is 14.7. The second kappa shape index (κ2) is 7.73. The molecule has 1 fully saturated rings. The minimum Gasteiger partial charge on any atom is -0.462 e. The fraction of sp³-hybridized carbons (Fsp3) is 0.611. The average Bonchev–Trinajstić information content (AvgIpc) is 2.44. The van der Waals surface area contributed by atoms with Crippen LogP contribution in [0, 0.1) is 0 Å². The summed E-state index contributed by atoms with van der Waals surface area (Å²) in [6.45, 7) is 9.74. The van der Waals surface area contributed by atoms with Crippen LogP contribution in [-0.2, 0) is 42.2 Å². The molecule has 1 aromatic rings. The fourth-order valence-electron chi connectivity index (χ4n) is 3.41. The van der Waals surface area contributed by atoms with Crippen LogP contribution >= 0.6 is 0 Å². The number of carbonyl (C=O) groups is 1. The molecule has 5 heteroatoms. The van der Waals surface area contributed by atoms with E-state index in [1.807, 2.05) is 65.0 Å². The van der Waals surface area contributed by atoms with Gasteiger partial charge in [-0.15, -0.1) is 0 Å². The summed E-state index contributed by atoms with van der Waals surface area (Å²) in [6, 6.07) is 9.67. The van der Waals surface area contributed by atoms with Gasteiger partial charge in [-0.2, -0.15) is 5.06 Å². The SMILES string of the molecule is CC(C(=O)OC1CC(C)(C)N(O)C(C)(C)C1)c1ccccc1.[Y]. The molecule has 23 heavy (non-hydrogen) atoms. The first-order chi connectivity index (χ1) is 10.1. The van der Waals surface area contributed by atoms with Crippen LogP contribution in [0.1, 0.15) is 58.9 Å². The molecule has 0 spiro atoms. The van der Waals surface area contributed by atoms with Crippen molar-refractivity contribution in [3.8, 4) is 0 Å². The third-order valence-corrected chi connectivity index (χ3v) is 4.54. The molecule has 1 aliphatic rings. The second-order valence-electron chi connectivity index (χ2n) is 7.54. The molecule has 1 atom stereocenters. The Bertz CT molecular complexity index is 512. The summed E-state index contributed by atoms with van der Waals surface area (Å²) in [5, 5.41) is 11.7. The monoisotopic (exact) mass is 394 g/mol. The Labute approximate surface area is 164 Å². The van der Waals surface area contributed by atoms with E-state index in [0.717, 1.165) is 5.56 Å². The Kier molecular flexibility index (Phi) is 6.98. The number of hydrogen-bond acceptors (Lipinski definition) is 4. The number of ether oxygens (including phenoxy) is 1. The molecule has 125 valence electrons. The number of nitrogens with zero attached hydrogens (tertiary/aromatic N) is 1. The Morgan fingerprint density at radius 1 is 1.17 bits per heavy atom. The van der Waals surface area contributed by atoms with Gasteiger partial charge < -0.3 is 9.94 Å². The van der Waals surface area contributed by atoms with E-state index in [9.17, 15) is 10.0 Å². The molecule has 1 N–H and O–H groups in total. The maximum atomic E-state index is 12.4. The van der Waals surface area contributed by atoms with Gasteiger partial charge in [0, 0.05) is 56.6 Å². The maximum Gasteiger partial charge on any atom is 0.313 e. The van der Waals surface area contributed by atoms with Crippen molar-refractivity contribution in [1.29, 1.82) is 0 Å². The molecule has 0 aromatic heterocycles. The van der Waals surface area contributed by atoms with Crippen LogP contribution in [-0.4, -0.2) is 33.4 Å². The molecule has 4 nitrogen and oxygen atoms in total. The molecule has 0 aliphatic carbocycles. The Balaban J connectivity index is 0.00000264. The van der Waals surface area contributed by atoms with Crippen molar-refractivity contribution in [3.05, 3.63) is 35.9 Å². The maximum absolute atomic E-state index is 12.4. The summed E-state index contributed by atoms with van der Waals surface area (Å²) in [7, 11) is 0. The van der Waals surface area contributed by atoms with Crippen molar-refractivity contribution in [2.75, 3.05) is 0 Å². The van der Waals surface area contributed by atoms with Crippen LogP contribution in [0.4, 0.5) is 0 Å². The molecule has 1 aliphatic heterocycles. The van der Waals surface area contributed by atoms with E-state index >= 15 is 0 Å². The zero-order chi connectivity index (χ0) is 16.5. The van der Waals surface area contributed by atoms with Crippen molar-refractivity contribution in [3.63, 3.8) is 0 Å². The third-order valence-electron chi connectivity index (χ3n) is 4.54. The number of carbonyl (C=O) groups excluding carboxylic acids is 1. The Morgan fingerprint density at radius 3 is 2.13 bits per heavy atom. The van der Waals surface area contributed by atoms with Crippen LogP contribution in [0.25, 0.3) is 0 Å². The van der Waals surface area contributed by atoms with Gasteiger partial charge in [0.25, 0.3) is 0 Å². The van der Waals surface area contributed by atoms with E-state index in [-0.39, 0.29) is 50.7 Å². The minimum atomic E-state index is -0.414. The van der Waals surface area contributed by atoms with Crippen LogP contribution in [0.3, 0.4) is 0 Å². The van der Waals surface area contributed by atoms with Gasteiger partial charge in [-0.3, -0.25) is 4.79 Å². The van der Waals surface area contributed by atoms with Gasteiger partial charge >= 0.3 is 5.97 Å². The quantitative estimate of drug-likeness (QED) is 0.794. The molecule has 1 saturated heterocycles. The summed E-state index contributed by atoms with van der Waals surface area (Å²) in [4.78, 5) is 12.4. The van der Waals surface area contributed by atoms with Gasteiger partial charge in [0.15, 0.2) is 0 Å². The fourth-order valence-corrected chi connectivity index (χ4v) is 3.41. The number of rotatable bonds is 3. The summed E-state index contributed by atoms with van der Waals surface area (Å²) >= 11 is 0. The number of hydrogen-bond donors (Lipinski definition) is 1. The number of benzene rings is 1. The van der Waals surface area contributed by atoms with E-state index in [1.165, 1.54) is 5.06 Å². The first kappa shape index (κ1) is 20.8. The predicted octanol–water partition coefficient (Wildman–Crippen LogP) is 3.74. The average molecular weight is 394 g/mol. The second-order valence-corrected chi connectivity index (χ2v) is 7.54. The van der Waals surface area contributed by atoms with Crippen molar-refractivity contribution < 1.29 is 47.4 Å². The molecular formula is C18H27NO3Y. The molecule has 0 amide bonds. The van der Waals surface area contributed by atoms with Crippen molar-refractivity contribution in [1.82, 2.24) is 5.06 Å². The van der Waals surface area contributed by atoms with E-state index in [0.29, 0.717) is 12.8 Å². The van der Waals surface area contributed by atoms with Crippen LogP contribution in [0.5, 0.6) is 0 Å². The van der Waals surface area contributed by atoms with Gasteiger partial charge in [-0.25, -0.2) is 0 Å². The predicted molar refractivity (Wildman–Crippen MR) is 85.8 cm³/mol. The van der Waals surface area contributed by atoms with Crippen LogP contribution in [0.15, 0.2) is 30.3 Å². The smallest absolute Gasteiger partial charge is 0.313 e. The molecular weight excluding hydrogens is 367 g/mol. The number of piperidine rings is 1. The van der Waals surface area contributed by atoms with Gasteiger partial charge in [-0.1, -0.05) is 30.3 Å². The van der Waals surface area contributed by atoms with Gasteiger partial charge in [-0.05, 0) is 40.2 Å². The number of hydroxylamine groups is 2. The topological polar surface area (TPSA) is 49.8 Å². The zero-order valence-corrected chi connectivity index (χ0v) is 17.6. The molecule has 1 aromatic carbocycles.